The number of benzene rings is 2. The van der Waals surface area contributed by atoms with Gasteiger partial charge in [-0.1, -0.05) is 24.3 Å². The second-order valence-corrected chi connectivity index (χ2v) is 10.1. The summed E-state index contributed by atoms with van der Waals surface area (Å²) in [6.45, 7) is 4.86. The second kappa shape index (κ2) is 14.7. The molecule has 0 heterocycles. The van der Waals surface area contributed by atoms with Crippen LogP contribution in [0.4, 0.5) is 22.4 Å². The van der Waals surface area contributed by atoms with Crippen molar-refractivity contribution in [1.29, 1.82) is 0 Å². The van der Waals surface area contributed by atoms with Crippen LogP contribution in [-0.4, -0.2) is 60.8 Å². The smallest absolute Gasteiger partial charge is 0.416 e. The van der Waals surface area contributed by atoms with Crippen LogP contribution in [-0.2, 0) is 38.1 Å². The zero-order valence-electron chi connectivity index (χ0n) is 23.1. The first-order chi connectivity index (χ1) is 19.1. The summed E-state index contributed by atoms with van der Waals surface area (Å²) in [4.78, 5) is 38.3. The predicted octanol–water partition coefficient (Wildman–Crippen LogP) is 4.10. The number of alkyl halides is 4. The van der Waals surface area contributed by atoms with Gasteiger partial charge in [0.25, 0.3) is 0 Å². The van der Waals surface area contributed by atoms with Crippen molar-refractivity contribution in [2.24, 2.45) is 0 Å². The standard InChI is InChI=1S/C28H34F4N2O7/c1-27(2,3)41-26(38)34-21(15-18-7-11-20(12-8-18)40-14-13-23(29)35)24(36)33-22(25(37)39-4)16-17-5-9-19(10-6-17)28(30,31)32/h5-12,21-23,35H,13-16H2,1-4H3,(H,33,36)(H,34,38)/t21-,22-,23?/m0/s1. The van der Waals surface area contributed by atoms with Crippen molar-refractivity contribution in [2.75, 3.05) is 13.7 Å². The van der Waals surface area contributed by atoms with Gasteiger partial charge in [0.2, 0.25) is 5.91 Å². The number of aliphatic hydroxyl groups is 1. The quantitative estimate of drug-likeness (QED) is 0.253. The minimum atomic E-state index is -4.53. The fourth-order valence-electron chi connectivity index (χ4n) is 3.56. The number of methoxy groups -OCH3 is 1. The van der Waals surface area contributed by atoms with E-state index in [9.17, 15) is 31.9 Å². The summed E-state index contributed by atoms with van der Waals surface area (Å²) in [5, 5.41) is 13.7. The number of halogens is 4. The van der Waals surface area contributed by atoms with E-state index in [0.29, 0.717) is 16.9 Å². The third kappa shape index (κ3) is 12.0. The molecular weight excluding hydrogens is 552 g/mol. The molecule has 0 aliphatic rings. The van der Waals surface area contributed by atoms with Gasteiger partial charge in [-0.2, -0.15) is 13.2 Å². The Balaban J connectivity index is 2.21. The zero-order valence-corrected chi connectivity index (χ0v) is 23.1. The van der Waals surface area contributed by atoms with Crippen LogP contribution in [0.3, 0.4) is 0 Å². The minimum absolute atomic E-state index is 0.0390. The molecule has 1 unspecified atom stereocenters. The van der Waals surface area contributed by atoms with E-state index in [4.69, 9.17) is 19.3 Å². The van der Waals surface area contributed by atoms with Crippen molar-refractivity contribution in [2.45, 2.75) is 70.3 Å². The number of ether oxygens (including phenoxy) is 3. The van der Waals surface area contributed by atoms with Gasteiger partial charge in [-0.15, -0.1) is 0 Å². The number of carbonyl (C=O) groups excluding carboxylic acids is 3. The van der Waals surface area contributed by atoms with Crippen LogP contribution in [0.5, 0.6) is 5.75 Å². The molecular formula is C28H34F4N2O7. The molecule has 41 heavy (non-hydrogen) atoms. The molecule has 0 aliphatic heterocycles. The summed E-state index contributed by atoms with van der Waals surface area (Å²) in [5.74, 6) is -1.22. The number of esters is 1. The number of alkyl carbamates (subject to hydrolysis) is 1. The third-order valence-electron chi connectivity index (χ3n) is 5.52. The summed E-state index contributed by atoms with van der Waals surface area (Å²) in [6, 6.07) is 7.97. The van der Waals surface area contributed by atoms with Crippen LogP contribution in [0.1, 0.15) is 43.9 Å². The average Bonchev–Trinajstić information content (AvgIpc) is 2.87. The molecule has 2 aromatic rings. The van der Waals surface area contributed by atoms with Crippen molar-refractivity contribution in [3.05, 3.63) is 65.2 Å². The molecule has 3 N–H and O–H groups in total. The van der Waals surface area contributed by atoms with Crippen LogP contribution in [0.25, 0.3) is 0 Å². The molecule has 2 rings (SSSR count). The number of nitrogens with one attached hydrogen (secondary N) is 2. The van der Waals surface area contributed by atoms with Gasteiger partial charge in [0.1, 0.15) is 23.4 Å². The van der Waals surface area contributed by atoms with Crippen LogP contribution in [0.2, 0.25) is 0 Å². The molecule has 2 amide bonds. The molecule has 0 radical (unpaired) electrons. The van der Waals surface area contributed by atoms with Crippen LogP contribution < -0.4 is 15.4 Å². The fraction of sp³-hybridized carbons (Fsp3) is 0.464. The molecule has 2 aromatic carbocycles. The molecule has 0 aliphatic carbocycles. The predicted molar refractivity (Wildman–Crippen MR) is 140 cm³/mol. The zero-order chi connectivity index (χ0) is 30.8. The second-order valence-electron chi connectivity index (χ2n) is 10.1. The van der Waals surface area contributed by atoms with E-state index < -0.39 is 53.8 Å². The molecule has 3 atom stereocenters. The summed E-state index contributed by atoms with van der Waals surface area (Å²) in [6.07, 6.45) is -7.84. The van der Waals surface area contributed by atoms with Gasteiger partial charge in [0.15, 0.2) is 6.36 Å². The Morgan fingerprint density at radius 1 is 0.878 bits per heavy atom. The molecule has 0 saturated carbocycles. The maximum atomic E-state index is 13.3. The normalized spacial score (nSPS) is 13.9. The van der Waals surface area contributed by atoms with Gasteiger partial charge in [0.05, 0.1) is 19.3 Å². The van der Waals surface area contributed by atoms with Gasteiger partial charge in [-0.25, -0.2) is 14.0 Å². The Labute approximate surface area is 235 Å². The number of hydrogen-bond acceptors (Lipinski definition) is 7. The lowest BCUT2D eigenvalue weighted by Crippen LogP contribution is -2.53. The minimum Gasteiger partial charge on any atom is -0.493 e. The first-order valence-electron chi connectivity index (χ1n) is 12.6. The lowest BCUT2D eigenvalue weighted by Gasteiger charge is -2.25. The van der Waals surface area contributed by atoms with E-state index in [-0.39, 0.29) is 25.9 Å². The van der Waals surface area contributed by atoms with E-state index in [1.54, 1.807) is 45.0 Å². The van der Waals surface area contributed by atoms with E-state index in [1.165, 1.54) is 12.1 Å². The number of rotatable bonds is 12. The highest BCUT2D eigenvalue weighted by Gasteiger charge is 2.31. The maximum Gasteiger partial charge on any atom is 0.416 e. The van der Waals surface area contributed by atoms with Crippen LogP contribution in [0.15, 0.2) is 48.5 Å². The van der Waals surface area contributed by atoms with E-state index in [2.05, 4.69) is 10.6 Å². The van der Waals surface area contributed by atoms with E-state index >= 15 is 0 Å². The largest absolute Gasteiger partial charge is 0.493 e. The van der Waals surface area contributed by atoms with Gasteiger partial charge >= 0.3 is 18.2 Å². The molecule has 0 fully saturated rings. The van der Waals surface area contributed by atoms with Gasteiger partial charge in [-0.05, 0) is 56.2 Å². The van der Waals surface area contributed by atoms with Crippen molar-refractivity contribution in [1.82, 2.24) is 10.6 Å². The molecule has 0 bridgehead atoms. The number of aliphatic hydroxyl groups excluding tert-OH is 1. The molecule has 0 aromatic heterocycles. The maximum absolute atomic E-state index is 13.3. The first-order valence-corrected chi connectivity index (χ1v) is 12.6. The first kappa shape index (κ1) is 33.3. The Kier molecular flexibility index (Phi) is 11.9. The van der Waals surface area contributed by atoms with Crippen LogP contribution in [0, 0.1) is 0 Å². The SMILES string of the molecule is COC(=O)[C@H](Cc1ccc(C(F)(F)F)cc1)NC(=O)[C@H](Cc1ccc(OCCC(O)F)cc1)NC(=O)OC(C)(C)C. The Bertz CT molecular complexity index is 1150. The van der Waals surface area contributed by atoms with Crippen LogP contribution >= 0.6 is 0 Å². The fourth-order valence-corrected chi connectivity index (χ4v) is 3.56. The van der Waals surface area contributed by atoms with Gasteiger partial charge < -0.3 is 30.0 Å². The highest BCUT2D eigenvalue weighted by Crippen LogP contribution is 2.29. The Hall–Kier alpha value is -3.87. The highest BCUT2D eigenvalue weighted by molar-refractivity contribution is 5.90. The van der Waals surface area contributed by atoms with Crippen molar-refractivity contribution >= 4 is 18.0 Å². The summed E-state index contributed by atoms with van der Waals surface area (Å²) < 4.78 is 66.7. The number of carbonyl (C=O) groups is 3. The third-order valence-corrected chi connectivity index (χ3v) is 5.52. The van der Waals surface area contributed by atoms with E-state index in [0.717, 1.165) is 19.2 Å². The lowest BCUT2D eigenvalue weighted by atomic mass is 10.0. The summed E-state index contributed by atoms with van der Waals surface area (Å²) >= 11 is 0. The monoisotopic (exact) mass is 586 g/mol. The Morgan fingerprint density at radius 3 is 1.90 bits per heavy atom. The highest BCUT2D eigenvalue weighted by atomic mass is 19.4. The molecule has 0 spiro atoms. The number of amides is 2. The molecule has 9 nitrogen and oxygen atoms in total. The van der Waals surface area contributed by atoms with E-state index in [1.807, 2.05) is 0 Å². The van der Waals surface area contributed by atoms with Crippen molar-refractivity contribution in [3.8, 4) is 5.75 Å². The number of hydrogen-bond donors (Lipinski definition) is 3. The van der Waals surface area contributed by atoms with Gasteiger partial charge in [0, 0.05) is 19.3 Å². The lowest BCUT2D eigenvalue weighted by molar-refractivity contribution is -0.145. The molecule has 13 heteroatoms. The topological polar surface area (TPSA) is 123 Å². The summed E-state index contributed by atoms with van der Waals surface area (Å²) in [7, 11) is 1.10. The molecule has 226 valence electrons. The Morgan fingerprint density at radius 2 is 1.41 bits per heavy atom. The van der Waals surface area contributed by atoms with Crippen molar-refractivity contribution < 1.29 is 51.3 Å². The van der Waals surface area contributed by atoms with Gasteiger partial charge in [-0.3, -0.25) is 4.79 Å². The van der Waals surface area contributed by atoms with Crippen molar-refractivity contribution in [3.63, 3.8) is 0 Å². The molecule has 0 saturated heterocycles. The average molecular weight is 587 g/mol. The summed E-state index contributed by atoms with van der Waals surface area (Å²) in [5.41, 5.74) is -0.815.